The molecule has 186 valence electrons. The van der Waals surface area contributed by atoms with Crippen LogP contribution in [0.4, 0.5) is 0 Å². The van der Waals surface area contributed by atoms with E-state index in [9.17, 15) is 0 Å². The number of hydrogen-bond donors (Lipinski definition) is 1. The average Bonchev–Trinajstić information content (AvgIpc) is 2.77. The molecule has 0 aromatic rings. The molecule has 4 heteroatoms. The number of likely N-dealkylation sites (N-methyl/N-ethyl adjacent to an activating group) is 2. The number of piperidine rings is 4. The van der Waals surface area contributed by atoms with Crippen LogP contribution < -0.4 is 5.32 Å². The Morgan fingerprint density at radius 3 is 1.53 bits per heavy atom. The van der Waals surface area contributed by atoms with Gasteiger partial charge in [0.1, 0.15) is 0 Å². The second-order valence-electron chi connectivity index (χ2n) is 13.2. The van der Waals surface area contributed by atoms with Crippen LogP contribution in [0, 0.1) is 11.8 Å². The molecule has 4 nitrogen and oxygen atoms in total. The molecule has 32 heavy (non-hydrogen) atoms. The minimum Gasteiger partial charge on any atom is -0.308 e. The van der Waals surface area contributed by atoms with Crippen LogP contribution in [0.2, 0.25) is 0 Å². The van der Waals surface area contributed by atoms with Gasteiger partial charge in [-0.2, -0.15) is 0 Å². The third-order valence-corrected chi connectivity index (χ3v) is 11.3. The van der Waals surface area contributed by atoms with E-state index in [4.69, 9.17) is 0 Å². The Hall–Kier alpha value is -0.160. The summed E-state index contributed by atoms with van der Waals surface area (Å²) in [5, 5.41) is 4.32. The number of hydrogen-bond acceptors (Lipinski definition) is 4. The van der Waals surface area contributed by atoms with Crippen LogP contribution in [0.5, 0.6) is 0 Å². The van der Waals surface area contributed by atoms with Gasteiger partial charge in [0.05, 0.1) is 0 Å². The van der Waals surface area contributed by atoms with E-state index < -0.39 is 0 Å². The third kappa shape index (κ3) is 4.55. The van der Waals surface area contributed by atoms with E-state index in [-0.39, 0.29) is 11.1 Å². The maximum atomic E-state index is 4.32. The van der Waals surface area contributed by atoms with Gasteiger partial charge in [0.25, 0.3) is 0 Å². The Bertz CT molecular complexity index is 581. The zero-order valence-electron chi connectivity index (χ0n) is 22.7. The molecular weight excluding hydrogens is 392 g/mol. The van der Waals surface area contributed by atoms with E-state index in [1.165, 1.54) is 70.9 Å². The summed E-state index contributed by atoms with van der Waals surface area (Å²) in [7, 11) is 4.83. The van der Waals surface area contributed by atoms with E-state index in [1.54, 1.807) is 0 Å². The fraction of sp³-hybridized carbons (Fsp3) is 1.00. The lowest BCUT2D eigenvalue weighted by Crippen LogP contribution is -2.69. The van der Waals surface area contributed by atoms with Gasteiger partial charge in [-0.15, -0.1) is 0 Å². The Kier molecular flexibility index (Phi) is 7.39. The first-order chi connectivity index (χ1) is 15.0. The summed E-state index contributed by atoms with van der Waals surface area (Å²) < 4.78 is 0. The summed E-state index contributed by atoms with van der Waals surface area (Å²) in [6.45, 7) is 17.5. The van der Waals surface area contributed by atoms with E-state index in [0.717, 1.165) is 17.9 Å². The van der Waals surface area contributed by atoms with Gasteiger partial charge in [-0.25, -0.2) is 0 Å². The highest BCUT2D eigenvalue weighted by atomic mass is 15.3. The molecule has 6 atom stereocenters. The predicted molar refractivity (Wildman–Crippen MR) is 137 cm³/mol. The number of likely N-dealkylation sites (tertiary alicyclic amines) is 3. The summed E-state index contributed by atoms with van der Waals surface area (Å²) in [5.74, 6) is 1.54. The number of nitrogens with zero attached hydrogens (tertiary/aromatic N) is 3. The molecule has 0 aromatic carbocycles. The molecule has 4 fully saturated rings. The van der Waals surface area contributed by atoms with E-state index in [2.05, 4.69) is 75.7 Å². The van der Waals surface area contributed by atoms with Crippen molar-refractivity contribution in [1.29, 1.82) is 0 Å². The summed E-state index contributed by atoms with van der Waals surface area (Å²) in [6.07, 6.45) is 12.4. The van der Waals surface area contributed by atoms with Crippen LogP contribution in [-0.2, 0) is 0 Å². The summed E-state index contributed by atoms with van der Waals surface area (Å²) in [6, 6.07) is 3.33. The maximum absolute atomic E-state index is 4.32. The first-order valence-electron chi connectivity index (χ1n) is 14.0. The van der Waals surface area contributed by atoms with Crippen molar-refractivity contribution in [2.24, 2.45) is 11.8 Å². The Morgan fingerprint density at radius 1 is 0.656 bits per heavy atom. The van der Waals surface area contributed by atoms with Crippen molar-refractivity contribution in [3.63, 3.8) is 0 Å². The molecule has 0 saturated carbocycles. The molecule has 6 unspecified atom stereocenters. The van der Waals surface area contributed by atoms with E-state index in [0.29, 0.717) is 24.2 Å². The fourth-order valence-electron chi connectivity index (χ4n) is 7.64. The quantitative estimate of drug-likeness (QED) is 0.660. The van der Waals surface area contributed by atoms with E-state index in [1.807, 2.05) is 0 Å². The SMILES string of the molecule is CC1CCC(C2CC(N3CCCCC3)CC(C3CCC(C)C(C)(C)N3C)N2)N(C)C1(C)C. The lowest BCUT2D eigenvalue weighted by Gasteiger charge is -2.57. The lowest BCUT2D eigenvalue weighted by molar-refractivity contribution is -0.0485. The highest BCUT2D eigenvalue weighted by molar-refractivity contribution is 5.06. The van der Waals surface area contributed by atoms with Gasteiger partial charge in [0, 0.05) is 41.3 Å². The van der Waals surface area contributed by atoms with Crippen LogP contribution in [0.15, 0.2) is 0 Å². The van der Waals surface area contributed by atoms with Crippen molar-refractivity contribution in [3.05, 3.63) is 0 Å². The Labute approximate surface area is 199 Å². The van der Waals surface area contributed by atoms with Crippen molar-refractivity contribution in [2.45, 2.75) is 141 Å². The molecule has 1 N–H and O–H groups in total. The second-order valence-corrected chi connectivity index (χ2v) is 13.2. The summed E-state index contributed by atoms with van der Waals surface area (Å²) >= 11 is 0. The smallest absolute Gasteiger partial charge is 0.0252 e. The molecular formula is C28H54N4. The molecule has 4 aliphatic heterocycles. The third-order valence-electron chi connectivity index (χ3n) is 11.3. The molecule has 0 bridgehead atoms. The van der Waals surface area contributed by atoms with Crippen LogP contribution in [-0.4, -0.2) is 83.2 Å². The molecule has 0 amide bonds. The fourth-order valence-corrected chi connectivity index (χ4v) is 7.64. The van der Waals surface area contributed by atoms with Crippen molar-refractivity contribution in [2.75, 3.05) is 27.2 Å². The molecule has 0 aliphatic carbocycles. The number of nitrogens with one attached hydrogen (secondary N) is 1. The van der Waals surface area contributed by atoms with Crippen molar-refractivity contribution >= 4 is 0 Å². The zero-order valence-corrected chi connectivity index (χ0v) is 22.7. The van der Waals surface area contributed by atoms with Crippen molar-refractivity contribution in [1.82, 2.24) is 20.0 Å². The van der Waals surface area contributed by atoms with Crippen LogP contribution in [0.3, 0.4) is 0 Å². The lowest BCUT2D eigenvalue weighted by atomic mass is 9.72. The standard InChI is InChI=1S/C28H54N4/c1-20-12-14-25(30(7)27(20,3)4)23-18-22(32-16-10-9-11-17-32)19-24(29-23)26-15-13-21(2)28(5,6)31(26)8/h20-26,29H,9-19H2,1-8H3. The minimum absolute atomic E-state index is 0.289. The largest absolute Gasteiger partial charge is 0.308 e. The van der Waals surface area contributed by atoms with Gasteiger partial charge in [0.2, 0.25) is 0 Å². The molecule has 4 heterocycles. The second kappa shape index (κ2) is 9.47. The zero-order chi connectivity index (χ0) is 23.3. The van der Waals surface area contributed by atoms with Crippen molar-refractivity contribution < 1.29 is 0 Å². The predicted octanol–water partition coefficient (Wildman–Crippen LogP) is 4.98. The van der Waals surface area contributed by atoms with E-state index >= 15 is 0 Å². The highest BCUT2D eigenvalue weighted by Crippen LogP contribution is 2.41. The summed E-state index contributed by atoms with van der Waals surface area (Å²) in [4.78, 5) is 8.40. The van der Waals surface area contributed by atoms with Gasteiger partial charge in [-0.05, 0) is 118 Å². The molecule has 0 spiro atoms. The molecule has 0 aromatic heterocycles. The first kappa shape index (κ1) is 24.9. The Balaban J connectivity index is 1.57. The highest BCUT2D eigenvalue weighted by Gasteiger charge is 2.48. The minimum atomic E-state index is 0.289. The number of rotatable bonds is 3. The van der Waals surface area contributed by atoms with Gasteiger partial charge in [-0.1, -0.05) is 20.3 Å². The summed E-state index contributed by atoms with van der Waals surface area (Å²) in [5.41, 5.74) is 0.578. The molecule has 4 saturated heterocycles. The van der Waals surface area contributed by atoms with Crippen LogP contribution >= 0.6 is 0 Å². The first-order valence-corrected chi connectivity index (χ1v) is 14.0. The average molecular weight is 447 g/mol. The van der Waals surface area contributed by atoms with Gasteiger partial charge < -0.3 is 10.2 Å². The van der Waals surface area contributed by atoms with Gasteiger partial charge >= 0.3 is 0 Å². The van der Waals surface area contributed by atoms with Crippen molar-refractivity contribution in [3.8, 4) is 0 Å². The van der Waals surface area contributed by atoms with Gasteiger partial charge in [0.15, 0.2) is 0 Å². The van der Waals surface area contributed by atoms with Crippen LogP contribution in [0.1, 0.15) is 99.3 Å². The maximum Gasteiger partial charge on any atom is 0.0252 e. The topological polar surface area (TPSA) is 21.8 Å². The molecule has 4 aliphatic rings. The van der Waals surface area contributed by atoms with Crippen LogP contribution in [0.25, 0.3) is 0 Å². The molecule has 4 rings (SSSR count). The van der Waals surface area contributed by atoms with Gasteiger partial charge in [-0.3, -0.25) is 9.80 Å². The monoisotopic (exact) mass is 446 g/mol. The normalized spacial score (nSPS) is 44.4. The Morgan fingerprint density at radius 2 is 1.09 bits per heavy atom. The molecule has 0 radical (unpaired) electrons.